The monoisotopic (exact) mass is 516 g/mol. The van der Waals surface area contributed by atoms with E-state index in [0.717, 1.165) is 37.2 Å². The maximum Gasteiger partial charge on any atom is 0.414 e. The predicted octanol–water partition coefficient (Wildman–Crippen LogP) is 5.05. The number of anilines is 3. The van der Waals surface area contributed by atoms with Gasteiger partial charge < -0.3 is 20.3 Å². The number of carbonyl (C=O) groups excluding carboxylic acids is 3. The first-order chi connectivity index (χ1) is 16.8. The molecule has 2 aromatic rings. The average molecular weight is 517 g/mol. The second-order valence-corrected chi connectivity index (χ2v) is 10.6. The highest BCUT2D eigenvalue weighted by Crippen LogP contribution is 2.34. The van der Waals surface area contributed by atoms with Gasteiger partial charge in [0.2, 0.25) is 5.91 Å². The summed E-state index contributed by atoms with van der Waals surface area (Å²) < 4.78 is 6.02. The number of thiophene rings is 1. The number of ether oxygens (including phenoxy) is 1. The summed E-state index contributed by atoms with van der Waals surface area (Å²) >= 11 is 7.09. The number of amides is 3. The lowest BCUT2D eigenvalue weighted by atomic mass is 10.1. The van der Waals surface area contributed by atoms with Crippen LogP contribution in [0.3, 0.4) is 0 Å². The standard InChI is InChI=1S/C25H29ClN4O4S/c1-16(2)12-23(31)28-19-13-17(6-7-20(19)29-10-4-3-5-11-29)30-15-18(34-25(30)33)14-27-24(32)21-8-9-22(26)35-21/h6-9,12-13,18H,3-5,10-11,14-15H2,1-2H3,(H,27,32)(H,28,31). The molecule has 4 rings (SSSR count). The minimum atomic E-state index is -0.493. The van der Waals surface area contributed by atoms with Crippen molar-refractivity contribution in [3.63, 3.8) is 0 Å². The van der Waals surface area contributed by atoms with Crippen LogP contribution in [0.2, 0.25) is 4.34 Å². The summed E-state index contributed by atoms with van der Waals surface area (Å²) in [5.74, 6) is -0.467. The number of benzene rings is 1. The summed E-state index contributed by atoms with van der Waals surface area (Å²) in [7, 11) is 0. The second kappa shape index (κ2) is 11.1. The van der Waals surface area contributed by atoms with Crippen LogP contribution in [-0.4, -0.2) is 50.2 Å². The minimum absolute atomic E-state index is 0.187. The summed E-state index contributed by atoms with van der Waals surface area (Å²) in [4.78, 5) is 41.7. The Bertz CT molecular complexity index is 1140. The van der Waals surface area contributed by atoms with Gasteiger partial charge in [0.25, 0.3) is 5.91 Å². The summed E-state index contributed by atoms with van der Waals surface area (Å²) in [6, 6.07) is 8.96. The summed E-state index contributed by atoms with van der Waals surface area (Å²) in [5, 5.41) is 5.78. The third-order valence-corrected chi connectivity index (χ3v) is 7.06. The second-order valence-electron chi connectivity index (χ2n) is 8.89. The molecule has 2 aliphatic rings. The van der Waals surface area contributed by atoms with Crippen LogP contribution >= 0.6 is 22.9 Å². The van der Waals surface area contributed by atoms with Crippen LogP contribution in [0.4, 0.5) is 21.9 Å². The molecule has 3 heterocycles. The van der Waals surface area contributed by atoms with Crippen molar-refractivity contribution in [2.45, 2.75) is 39.2 Å². The van der Waals surface area contributed by atoms with E-state index in [2.05, 4.69) is 15.5 Å². The van der Waals surface area contributed by atoms with Crippen molar-refractivity contribution in [2.75, 3.05) is 41.3 Å². The fourth-order valence-electron chi connectivity index (χ4n) is 4.20. The van der Waals surface area contributed by atoms with Gasteiger partial charge in [-0.2, -0.15) is 0 Å². The van der Waals surface area contributed by atoms with Crippen LogP contribution in [0.5, 0.6) is 0 Å². The Morgan fingerprint density at radius 1 is 1.17 bits per heavy atom. The molecular weight excluding hydrogens is 488 g/mol. The molecule has 2 N–H and O–H groups in total. The third-order valence-electron chi connectivity index (χ3n) is 5.83. The van der Waals surface area contributed by atoms with Gasteiger partial charge >= 0.3 is 6.09 Å². The third kappa shape index (κ3) is 6.35. The van der Waals surface area contributed by atoms with Gasteiger partial charge in [-0.1, -0.05) is 17.2 Å². The van der Waals surface area contributed by atoms with Crippen LogP contribution < -0.4 is 20.4 Å². The van der Waals surface area contributed by atoms with Crippen LogP contribution in [-0.2, 0) is 9.53 Å². The topological polar surface area (TPSA) is 91.0 Å². The number of halogens is 1. The highest BCUT2D eigenvalue weighted by Gasteiger charge is 2.33. The van der Waals surface area contributed by atoms with Gasteiger partial charge in [0, 0.05) is 24.9 Å². The van der Waals surface area contributed by atoms with Crippen molar-refractivity contribution in [1.82, 2.24) is 5.32 Å². The van der Waals surface area contributed by atoms with E-state index >= 15 is 0 Å². The van der Waals surface area contributed by atoms with Crippen molar-refractivity contribution in [2.24, 2.45) is 0 Å². The van der Waals surface area contributed by atoms with E-state index in [9.17, 15) is 14.4 Å². The highest BCUT2D eigenvalue weighted by atomic mass is 35.5. The molecule has 1 unspecified atom stereocenters. The minimum Gasteiger partial charge on any atom is -0.442 e. The van der Waals surface area contributed by atoms with E-state index in [0.29, 0.717) is 20.6 Å². The van der Waals surface area contributed by atoms with Gasteiger partial charge in [-0.3, -0.25) is 14.5 Å². The Labute approximate surface area is 213 Å². The van der Waals surface area contributed by atoms with Gasteiger partial charge in [0.05, 0.1) is 33.7 Å². The first-order valence-corrected chi connectivity index (χ1v) is 12.9. The Kier molecular flexibility index (Phi) is 7.97. The summed E-state index contributed by atoms with van der Waals surface area (Å²) in [6.45, 7) is 6.06. The van der Waals surface area contributed by atoms with Crippen molar-refractivity contribution < 1.29 is 19.1 Å². The Hall–Kier alpha value is -3.04. The number of hydrogen-bond acceptors (Lipinski definition) is 6. The number of nitrogens with one attached hydrogen (secondary N) is 2. The molecule has 0 radical (unpaired) electrons. The fraction of sp³-hybridized carbons (Fsp3) is 0.400. The quantitative estimate of drug-likeness (QED) is 0.502. The van der Waals surface area contributed by atoms with Gasteiger partial charge in [-0.05, 0) is 63.4 Å². The lowest BCUT2D eigenvalue weighted by Gasteiger charge is -2.31. The molecule has 3 amide bonds. The molecule has 0 aliphatic carbocycles. The molecule has 2 saturated heterocycles. The van der Waals surface area contributed by atoms with Gasteiger partial charge in [-0.15, -0.1) is 11.3 Å². The smallest absolute Gasteiger partial charge is 0.414 e. The SMILES string of the molecule is CC(C)=CC(=O)Nc1cc(N2CC(CNC(=O)c3ccc(Cl)s3)OC2=O)ccc1N1CCCCC1. The summed E-state index contributed by atoms with van der Waals surface area (Å²) in [5.41, 5.74) is 3.12. The molecule has 1 aromatic carbocycles. The molecule has 186 valence electrons. The van der Waals surface area contributed by atoms with Gasteiger partial charge in [0.15, 0.2) is 0 Å². The Morgan fingerprint density at radius 3 is 2.63 bits per heavy atom. The normalized spacial score (nSPS) is 17.7. The molecule has 0 spiro atoms. The van der Waals surface area contributed by atoms with Crippen LogP contribution in [0, 0.1) is 0 Å². The van der Waals surface area contributed by atoms with Gasteiger partial charge in [-0.25, -0.2) is 4.79 Å². The predicted molar refractivity (Wildman–Crippen MR) is 140 cm³/mol. The summed E-state index contributed by atoms with van der Waals surface area (Å²) in [6.07, 6.45) is 3.98. The number of hydrogen-bond donors (Lipinski definition) is 2. The number of rotatable bonds is 7. The van der Waals surface area contributed by atoms with E-state index in [1.807, 2.05) is 32.0 Å². The number of cyclic esters (lactones) is 1. The van der Waals surface area contributed by atoms with Crippen LogP contribution in [0.1, 0.15) is 42.8 Å². The molecule has 2 aliphatic heterocycles. The van der Waals surface area contributed by atoms with E-state index in [-0.39, 0.29) is 24.9 Å². The zero-order chi connectivity index (χ0) is 24.9. The van der Waals surface area contributed by atoms with Crippen molar-refractivity contribution in [3.05, 3.63) is 51.2 Å². The van der Waals surface area contributed by atoms with E-state index < -0.39 is 12.2 Å². The highest BCUT2D eigenvalue weighted by molar-refractivity contribution is 7.18. The van der Waals surface area contributed by atoms with Crippen LogP contribution in [0.25, 0.3) is 0 Å². The number of nitrogens with zero attached hydrogens (tertiary/aromatic N) is 2. The molecule has 8 nitrogen and oxygen atoms in total. The largest absolute Gasteiger partial charge is 0.442 e. The van der Waals surface area contributed by atoms with Crippen molar-refractivity contribution in [3.8, 4) is 0 Å². The number of allylic oxidation sites excluding steroid dienone is 1. The van der Waals surface area contributed by atoms with E-state index in [1.54, 1.807) is 18.2 Å². The zero-order valence-electron chi connectivity index (χ0n) is 19.8. The van der Waals surface area contributed by atoms with Crippen molar-refractivity contribution in [1.29, 1.82) is 0 Å². The Balaban J connectivity index is 1.48. The lowest BCUT2D eigenvalue weighted by molar-refractivity contribution is -0.111. The van der Waals surface area contributed by atoms with E-state index in [4.69, 9.17) is 16.3 Å². The Morgan fingerprint density at radius 2 is 1.94 bits per heavy atom. The maximum atomic E-state index is 12.6. The molecule has 2 fully saturated rings. The molecule has 1 atom stereocenters. The zero-order valence-corrected chi connectivity index (χ0v) is 21.4. The first kappa shape index (κ1) is 25.1. The maximum absolute atomic E-state index is 12.6. The lowest BCUT2D eigenvalue weighted by Crippen LogP contribution is -2.34. The number of carbonyl (C=O) groups is 3. The van der Waals surface area contributed by atoms with Crippen LogP contribution in [0.15, 0.2) is 42.0 Å². The van der Waals surface area contributed by atoms with E-state index in [1.165, 1.54) is 22.7 Å². The molecule has 0 saturated carbocycles. The molecule has 10 heteroatoms. The fourth-order valence-corrected chi connectivity index (χ4v) is 5.16. The molecule has 1 aromatic heterocycles. The molecular formula is C25H29ClN4O4S. The van der Waals surface area contributed by atoms with Crippen molar-refractivity contribution >= 4 is 57.9 Å². The molecule has 35 heavy (non-hydrogen) atoms. The molecule has 0 bridgehead atoms. The number of piperidine rings is 1. The average Bonchev–Trinajstić information content (AvgIpc) is 3.43. The first-order valence-electron chi connectivity index (χ1n) is 11.7. The van der Waals surface area contributed by atoms with Gasteiger partial charge in [0.1, 0.15) is 6.10 Å².